The fraction of sp³-hybridized carbons (Fsp3) is 0.569. The molecule has 8 nitrogen and oxygen atoms in total. The molecule has 0 aromatic heterocycles. The van der Waals surface area contributed by atoms with E-state index in [1.54, 1.807) is 13.0 Å². The lowest BCUT2D eigenvalue weighted by Gasteiger charge is -2.14. The number of hydrogen-bond acceptors (Lipinski definition) is 8. The molecule has 59 heavy (non-hydrogen) atoms. The first-order chi connectivity index (χ1) is 28.5. The standard InChI is InChI=1S/C51H70N4O4/c1-8-10-11-12-13-14-15-16-17-18-19-20-21-22-23-24-27-59-47(58)26-25-38-33(4)41-29-42-34(5)48(36(7)56)45(53-42)31-40-32(3)37(9-2)44(52-40)30-43-35(6)49-46(57)28-39(50(38)54-41)51(49)55-43/h25-26,29-31,33,36,38,54,56-57H,8-24,27-28H2,1-7H3/b26-25+,41-29?,44-30?,45-31?,50-39?. The third kappa shape index (κ3) is 10.4. The fourth-order valence-electron chi connectivity index (χ4n) is 9.52. The van der Waals surface area contributed by atoms with Crippen molar-refractivity contribution < 1.29 is 19.7 Å². The fourth-order valence-corrected chi connectivity index (χ4v) is 9.52. The number of allylic oxidation sites excluding steroid dienone is 11. The molecule has 318 valence electrons. The van der Waals surface area contributed by atoms with Crippen molar-refractivity contribution in [2.45, 2.75) is 170 Å². The maximum atomic E-state index is 13.1. The van der Waals surface area contributed by atoms with E-state index in [-0.39, 0.29) is 17.8 Å². The van der Waals surface area contributed by atoms with E-state index >= 15 is 0 Å². The van der Waals surface area contributed by atoms with Gasteiger partial charge in [0.2, 0.25) is 0 Å². The molecule has 0 spiro atoms. The molecule has 3 unspecified atom stereocenters. The molecule has 3 atom stereocenters. The number of carbonyl (C=O) groups excluding carboxylic acids is 1. The van der Waals surface area contributed by atoms with Crippen LogP contribution in [0.1, 0.15) is 164 Å². The Morgan fingerprint density at radius 2 is 1.41 bits per heavy atom. The van der Waals surface area contributed by atoms with Crippen LogP contribution in [0.15, 0.2) is 119 Å². The number of carbonyl (C=O) groups is 1. The topological polar surface area (TPSA) is 116 Å². The minimum absolute atomic E-state index is 0.0439. The maximum absolute atomic E-state index is 13.1. The molecule has 3 N–H and O–H groups in total. The summed E-state index contributed by atoms with van der Waals surface area (Å²) in [6.07, 6.45) is 30.9. The Morgan fingerprint density at radius 3 is 2.02 bits per heavy atom. The van der Waals surface area contributed by atoms with Gasteiger partial charge < -0.3 is 20.3 Å². The first-order valence-electron chi connectivity index (χ1n) is 23.0. The highest BCUT2D eigenvalue weighted by Gasteiger charge is 2.40. The van der Waals surface area contributed by atoms with Crippen LogP contribution in [0.2, 0.25) is 0 Å². The van der Waals surface area contributed by atoms with Gasteiger partial charge >= 0.3 is 5.97 Å². The van der Waals surface area contributed by atoms with Crippen molar-refractivity contribution in [1.29, 1.82) is 0 Å². The van der Waals surface area contributed by atoms with E-state index in [0.29, 0.717) is 24.5 Å². The number of nitrogens with one attached hydrogen (secondary N) is 1. The zero-order chi connectivity index (χ0) is 42.1. The van der Waals surface area contributed by atoms with E-state index < -0.39 is 6.10 Å². The third-order valence-corrected chi connectivity index (χ3v) is 13.1. The molecule has 6 rings (SSSR count). The lowest BCUT2D eigenvalue weighted by molar-refractivity contribution is -0.137. The Balaban J connectivity index is 1.11. The molecule has 0 amide bonds. The van der Waals surface area contributed by atoms with Crippen LogP contribution in [0.25, 0.3) is 0 Å². The molecule has 0 radical (unpaired) electrons. The summed E-state index contributed by atoms with van der Waals surface area (Å²) in [4.78, 5) is 28.4. The summed E-state index contributed by atoms with van der Waals surface area (Å²) in [6.45, 7) is 14.9. The zero-order valence-electron chi connectivity index (χ0n) is 37.1. The van der Waals surface area contributed by atoms with Crippen molar-refractivity contribution in [3.63, 3.8) is 0 Å². The quantitative estimate of drug-likeness (QED) is 0.0607. The van der Waals surface area contributed by atoms with Crippen LogP contribution in [0.5, 0.6) is 0 Å². The molecule has 1 fully saturated rings. The van der Waals surface area contributed by atoms with E-state index in [2.05, 4.69) is 39.1 Å². The van der Waals surface area contributed by atoms with Crippen molar-refractivity contribution in [3.05, 3.63) is 104 Å². The Kier molecular flexibility index (Phi) is 15.6. The van der Waals surface area contributed by atoms with Crippen LogP contribution in [0, 0.1) is 11.8 Å². The lowest BCUT2D eigenvalue weighted by atomic mass is 9.89. The van der Waals surface area contributed by atoms with Crippen molar-refractivity contribution in [2.75, 3.05) is 6.61 Å². The van der Waals surface area contributed by atoms with Crippen LogP contribution < -0.4 is 5.32 Å². The maximum Gasteiger partial charge on any atom is 0.330 e. The Labute approximate surface area is 354 Å². The molecule has 8 heteroatoms. The number of hydrogen-bond donors (Lipinski definition) is 3. The number of unbranched alkanes of at least 4 members (excludes halogenated alkanes) is 15. The van der Waals surface area contributed by atoms with Gasteiger partial charge in [-0.2, -0.15) is 0 Å². The number of aliphatic hydroxyl groups excluding tert-OH is 2. The number of ether oxygens (including phenoxy) is 1. The molecule has 1 aliphatic carbocycles. The molecule has 8 bridgehead atoms. The predicted molar refractivity (Wildman–Crippen MR) is 243 cm³/mol. The van der Waals surface area contributed by atoms with Crippen molar-refractivity contribution >= 4 is 23.1 Å². The molecule has 0 saturated carbocycles. The molecule has 6 aliphatic rings. The van der Waals surface area contributed by atoms with Gasteiger partial charge in [0.05, 0.1) is 46.9 Å². The summed E-state index contributed by atoms with van der Waals surface area (Å²) >= 11 is 0. The van der Waals surface area contributed by atoms with E-state index in [1.807, 2.05) is 32.1 Å². The smallest absolute Gasteiger partial charge is 0.330 e. The van der Waals surface area contributed by atoms with Crippen LogP contribution in [0.3, 0.4) is 0 Å². The number of aliphatic imine (C=N–C) groups is 3. The highest BCUT2D eigenvalue weighted by Crippen LogP contribution is 2.46. The molecule has 1 saturated heterocycles. The van der Waals surface area contributed by atoms with Gasteiger partial charge in [-0.05, 0) is 81.1 Å². The number of nitrogens with zero attached hydrogens (tertiary/aromatic N) is 3. The molecule has 5 heterocycles. The van der Waals surface area contributed by atoms with Crippen LogP contribution >= 0.6 is 0 Å². The summed E-state index contributed by atoms with van der Waals surface area (Å²) in [5, 5.41) is 26.1. The highest BCUT2D eigenvalue weighted by atomic mass is 16.5. The minimum atomic E-state index is -0.716. The normalized spacial score (nSPS) is 21.8. The number of esters is 1. The van der Waals surface area contributed by atoms with Crippen LogP contribution in [-0.2, 0) is 9.53 Å². The Morgan fingerprint density at radius 1 is 0.814 bits per heavy atom. The van der Waals surface area contributed by atoms with E-state index in [0.717, 1.165) is 98.2 Å². The molecule has 0 aromatic carbocycles. The van der Waals surface area contributed by atoms with Gasteiger partial charge in [-0.3, -0.25) is 0 Å². The van der Waals surface area contributed by atoms with Gasteiger partial charge in [0, 0.05) is 52.4 Å². The molecule has 0 aromatic rings. The summed E-state index contributed by atoms with van der Waals surface area (Å²) in [5.74, 6) is -0.267. The van der Waals surface area contributed by atoms with Gasteiger partial charge in [-0.1, -0.05) is 123 Å². The second-order valence-electron chi connectivity index (χ2n) is 17.5. The zero-order valence-corrected chi connectivity index (χ0v) is 37.1. The van der Waals surface area contributed by atoms with Gasteiger partial charge in [0.15, 0.2) is 0 Å². The number of rotatable bonds is 21. The van der Waals surface area contributed by atoms with Crippen molar-refractivity contribution in [2.24, 2.45) is 26.8 Å². The summed E-state index contributed by atoms with van der Waals surface area (Å²) < 4.78 is 5.69. The van der Waals surface area contributed by atoms with E-state index in [9.17, 15) is 15.0 Å². The van der Waals surface area contributed by atoms with Gasteiger partial charge in [-0.25, -0.2) is 19.8 Å². The number of aliphatic hydroxyl groups is 2. The highest BCUT2D eigenvalue weighted by molar-refractivity contribution is 6.21. The SMILES string of the molecule is CCCCCCCCCCCCCCCCCCOC(=O)/C=C/C1C2=C3CC(O)=C4C3=NC(=C4C)C=C3N=C(C=C4N=C(C=C(N2)C1C)C(C)=C4C(C)O)C(C)=C3CC. The first-order valence-corrected chi connectivity index (χ1v) is 23.0. The minimum Gasteiger partial charge on any atom is -0.511 e. The van der Waals surface area contributed by atoms with Crippen LogP contribution in [0.4, 0.5) is 0 Å². The number of fused-ring (bicyclic) bond motifs is 5. The van der Waals surface area contributed by atoms with Crippen LogP contribution in [-0.4, -0.2) is 46.0 Å². The third-order valence-electron chi connectivity index (χ3n) is 13.1. The Hall–Kier alpha value is -4.30. The average molecular weight is 803 g/mol. The predicted octanol–water partition coefficient (Wildman–Crippen LogP) is 12.4. The summed E-state index contributed by atoms with van der Waals surface area (Å²) in [7, 11) is 0. The van der Waals surface area contributed by atoms with Gasteiger partial charge in [0.25, 0.3) is 0 Å². The van der Waals surface area contributed by atoms with E-state index in [4.69, 9.17) is 19.7 Å². The summed E-state index contributed by atoms with van der Waals surface area (Å²) in [5.41, 5.74) is 13.1. The lowest BCUT2D eigenvalue weighted by Crippen LogP contribution is -2.14. The second-order valence-corrected chi connectivity index (χ2v) is 17.5. The second kappa shape index (κ2) is 20.8. The molecular weight excluding hydrogens is 733 g/mol. The van der Waals surface area contributed by atoms with Crippen molar-refractivity contribution in [3.8, 4) is 0 Å². The Bertz CT molecular complexity index is 2020. The summed E-state index contributed by atoms with van der Waals surface area (Å²) in [6, 6.07) is 0. The van der Waals surface area contributed by atoms with E-state index in [1.165, 1.54) is 89.9 Å². The van der Waals surface area contributed by atoms with Gasteiger partial charge in [0.1, 0.15) is 5.76 Å². The first kappa shape index (κ1) is 44.3. The molecular formula is C51H70N4O4. The molecule has 5 aliphatic heterocycles. The van der Waals surface area contributed by atoms with Gasteiger partial charge in [-0.15, -0.1) is 0 Å². The average Bonchev–Trinajstić information content (AvgIpc) is 3.97. The monoisotopic (exact) mass is 803 g/mol. The largest absolute Gasteiger partial charge is 0.511 e. The van der Waals surface area contributed by atoms with Crippen molar-refractivity contribution in [1.82, 2.24) is 5.32 Å².